The predicted molar refractivity (Wildman–Crippen MR) is 56.4 cm³/mol. The minimum Gasteiger partial charge on any atom is -0.318 e. The van der Waals surface area contributed by atoms with Crippen LogP contribution in [0.2, 0.25) is 0 Å². The van der Waals surface area contributed by atoms with Crippen LogP contribution in [0.25, 0.3) is 0 Å². The van der Waals surface area contributed by atoms with Crippen molar-refractivity contribution in [1.82, 2.24) is 9.66 Å². The van der Waals surface area contributed by atoms with Crippen molar-refractivity contribution in [3.8, 4) is 0 Å². The van der Waals surface area contributed by atoms with E-state index in [2.05, 4.69) is 10.4 Å². The Labute approximate surface area is 87.5 Å². The molecular formula is C11H12FN3. The van der Waals surface area contributed by atoms with E-state index in [9.17, 15) is 4.39 Å². The zero-order chi connectivity index (χ0) is 10.7. The van der Waals surface area contributed by atoms with Crippen LogP contribution in [0.5, 0.6) is 0 Å². The molecule has 78 valence electrons. The third-order valence-corrected chi connectivity index (χ3v) is 2.14. The van der Waals surface area contributed by atoms with E-state index in [1.807, 2.05) is 36.1 Å². The highest BCUT2D eigenvalue weighted by Crippen LogP contribution is 2.10. The monoisotopic (exact) mass is 205 g/mol. The summed E-state index contributed by atoms with van der Waals surface area (Å²) in [7, 11) is 0. The van der Waals surface area contributed by atoms with E-state index in [4.69, 9.17) is 0 Å². The number of hydrogen-bond donors (Lipinski definition) is 1. The summed E-state index contributed by atoms with van der Waals surface area (Å²) in [6.07, 6.45) is 5.03. The molecule has 2 rings (SSSR count). The van der Waals surface area contributed by atoms with Crippen LogP contribution in [0.4, 0.5) is 4.39 Å². The van der Waals surface area contributed by atoms with Gasteiger partial charge in [0, 0.05) is 12.4 Å². The fourth-order valence-electron chi connectivity index (χ4n) is 1.35. The summed E-state index contributed by atoms with van der Waals surface area (Å²) in [5.41, 5.74) is 4.00. The minimum atomic E-state index is -0.313. The van der Waals surface area contributed by atoms with Gasteiger partial charge in [-0.05, 0) is 31.2 Å². The van der Waals surface area contributed by atoms with Gasteiger partial charge >= 0.3 is 0 Å². The van der Waals surface area contributed by atoms with Gasteiger partial charge in [0.1, 0.15) is 5.82 Å². The zero-order valence-corrected chi connectivity index (χ0v) is 8.39. The highest BCUT2D eigenvalue weighted by Gasteiger charge is 2.05. The Hall–Kier alpha value is -1.84. The lowest BCUT2D eigenvalue weighted by molar-refractivity contribution is 0.614. The number of halogens is 1. The molecule has 2 heterocycles. The molecule has 0 aliphatic carbocycles. The molecule has 0 aliphatic rings. The van der Waals surface area contributed by atoms with Crippen molar-refractivity contribution >= 4 is 0 Å². The minimum absolute atomic E-state index is 0.0398. The van der Waals surface area contributed by atoms with Gasteiger partial charge in [-0.25, -0.2) is 4.39 Å². The number of aromatic nitrogens is 2. The normalized spacial score (nSPS) is 12.4. The molecule has 2 aromatic heterocycles. The summed E-state index contributed by atoms with van der Waals surface area (Å²) >= 11 is 0. The second-order valence-corrected chi connectivity index (χ2v) is 3.34. The molecule has 0 fully saturated rings. The zero-order valence-electron chi connectivity index (χ0n) is 8.39. The van der Waals surface area contributed by atoms with Crippen molar-refractivity contribution in [1.29, 1.82) is 0 Å². The van der Waals surface area contributed by atoms with E-state index in [0.29, 0.717) is 0 Å². The van der Waals surface area contributed by atoms with Gasteiger partial charge in [-0.3, -0.25) is 9.66 Å². The number of nitrogens with zero attached hydrogens (tertiary/aromatic N) is 2. The molecule has 3 nitrogen and oxygen atoms in total. The van der Waals surface area contributed by atoms with Crippen molar-refractivity contribution in [2.45, 2.75) is 13.0 Å². The number of nitrogens with one attached hydrogen (secondary N) is 1. The van der Waals surface area contributed by atoms with Crippen molar-refractivity contribution in [3.05, 3.63) is 54.4 Å². The summed E-state index contributed by atoms with van der Waals surface area (Å²) in [4.78, 5) is 4.01. The van der Waals surface area contributed by atoms with E-state index in [1.165, 1.54) is 12.3 Å². The maximum atomic E-state index is 12.6. The van der Waals surface area contributed by atoms with E-state index in [1.54, 1.807) is 6.07 Å². The number of hydrogen-bond acceptors (Lipinski definition) is 2. The van der Waals surface area contributed by atoms with Crippen LogP contribution in [-0.4, -0.2) is 9.66 Å². The molecule has 1 atom stereocenters. The molecule has 0 radical (unpaired) electrons. The Morgan fingerprint density at radius 1 is 1.33 bits per heavy atom. The second-order valence-electron chi connectivity index (χ2n) is 3.34. The second kappa shape index (κ2) is 4.13. The first-order chi connectivity index (χ1) is 7.25. The van der Waals surface area contributed by atoms with Crippen LogP contribution in [0.15, 0.2) is 42.9 Å². The molecule has 0 saturated carbocycles. The third-order valence-electron chi connectivity index (χ3n) is 2.14. The standard InChI is InChI=1S/C11H12FN3/c1-9(14-15-6-2-3-7-15)11-5-4-10(12)8-13-11/h2-9,14H,1H3. The third kappa shape index (κ3) is 2.34. The van der Waals surface area contributed by atoms with Crippen LogP contribution >= 0.6 is 0 Å². The SMILES string of the molecule is CC(Nn1cccc1)c1ccc(F)cn1. The summed E-state index contributed by atoms with van der Waals surface area (Å²) < 4.78 is 14.5. The molecule has 0 bridgehead atoms. The highest BCUT2D eigenvalue weighted by molar-refractivity contribution is 5.12. The van der Waals surface area contributed by atoms with E-state index in [-0.39, 0.29) is 11.9 Å². The molecule has 15 heavy (non-hydrogen) atoms. The van der Waals surface area contributed by atoms with Crippen molar-refractivity contribution < 1.29 is 4.39 Å². The van der Waals surface area contributed by atoms with Crippen molar-refractivity contribution in [2.24, 2.45) is 0 Å². The molecule has 0 aromatic carbocycles. The van der Waals surface area contributed by atoms with Gasteiger partial charge in [-0.1, -0.05) is 0 Å². The Kier molecular flexibility index (Phi) is 2.67. The first-order valence-electron chi connectivity index (χ1n) is 4.76. The lowest BCUT2D eigenvalue weighted by Crippen LogP contribution is -2.17. The highest BCUT2D eigenvalue weighted by atomic mass is 19.1. The molecule has 1 N–H and O–H groups in total. The Morgan fingerprint density at radius 3 is 2.67 bits per heavy atom. The number of pyridine rings is 1. The molecule has 0 saturated heterocycles. The van der Waals surface area contributed by atoms with Crippen LogP contribution in [-0.2, 0) is 0 Å². The molecule has 0 spiro atoms. The lowest BCUT2D eigenvalue weighted by Gasteiger charge is -2.15. The maximum Gasteiger partial charge on any atom is 0.141 e. The molecule has 1 unspecified atom stereocenters. The summed E-state index contributed by atoms with van der Waals surface area (Å²) in [6.45, 7) is 1.97. The van der Waals surface area contributed by atoms with Gasteiger partial charge in [-0.15, -0.1) is 0 Å². The Balaban J connectivity index is 2.08. The van der Waals surface area contributed by atoms with Gasteiger partial charge in [0.2, 0.25) is 0 Å². The first kappa shape index (κ1) is 9.71. The van der Waals surface area contributed by atoms with Gasteiger partial charge in [0.05, 0.1) is 17.9 Å². The fourth-order valence-corrected chi connectivity index (χ4v) is 1.35. The van der Waals surface area contributed by atoms with Gasteiger partial charge in [0.25, 0.3) is 0 Å². The van der Waals surface area contributed by atoms with Gasteiger partial charge in [0.15, 0.2) is 0 Å². The smallest absolute Gasteiger partial charge is 0.141 e. The molecule has 2 aromatic rings. The average molecular weight is 205 g/mol. The Bertz CT molecular complexity index is 408. The van der Waals surface area contributed by atoms with Crippen LogP contribution in [0.3, 0.4) is 0 Å². The largest absolute Gasteiger partial charge is 0.318 e. The van der Waals surface area contributed by atoms with Gasteiger partial charge in [-0.2, -0.15) is 0 Å². The van der Waals surface area contributed by atoms with Crippen LogP contribution < -0.4 is 5.43 Å². The molecule has 0 aliphatic heterocycles. The van der Waals surface area contributed by atoms with Crippen LogP contribution in [0, 0.1) is 5.82 Å². The topological polar surface area (TPSA) is 29.9 Å². The quantitative estimate of drug-likeness (QED) is 0.833. The van der Waals surface area contributed by atoms with Crippen LogP contribution in [0.1, 0.15) is 18.7 Å². The van der Waals surface area contributed by atoms with E-state index < -0.39 is 0 Å². The summed E-state index contributed by atoms with van der Waals surface area (Å²) in [6, 6.07) is 6.99. The van der Waals surface area contributed by atoms with E-state index >= 15 is 0 Å². The van der Waals surface area contributed by atoms with E-state index in [0.717, 1.165) is 5.69 Å². The molecule has 0 amide bonds. The Morgan fingerprint density at radius 2 is 2.07 bits per heavy atom. The summed E-state index contributed by atoms with van der Waals surface area (Å²) in [5.74, 6) is -0.313. The number of rotatable bonds is 3. The van der Waals surface area contributed by atoms with Crippen molar-refractivity contribution in [3.63, 3.8) is 0 Å². The maximum absolute atomic E-state index is 12.6. The summed E-state index contributed by atoms with van der Waals surface area (Å²) in [5, 5.41) is 0. The first-order valence-corrected chi connectivity index (χ1v) is 4.76. The fraction of sp³-hybridized carbons (Fsp3) is 0.182. The molecule has 4 heteroatoms. The average Bonchev–Trinajstić information content (AvgIpc) is 2.71. The lowest BCUT2D eigenvalue weighted by atomic mass is 10.2. The predicted octanol–water partition coefficient (Wildman–Crippen LogP) is 2.33. The molecular weight excluding hydrogens is 193 g/mol. The van der Waals surface area contributed by atoms with Gasteiger partial charge < -0.3 is 5.43 Å². The van der Waals surface area contributed by atoms with Crippen molar-refractivity contribution in [2.75, 3.05) is 5.43 Å².